The number of carbonyl (C=O) groups excluding carboxylic acids is 3. The van der Waals surface area contributed by atoms with Crippen molar-refractivity contribution in [1.29, 1.82) is 0 Å². The number of rotatable bonds is 7. The summed E-state index contributed by atoms with van der Waals surface area (Å²) in [5.74, 6) is -4.89. The molecular formula is C21H17Cl4F2N3O3. The predicted molar refractivity (Wildman–Crippen MR) is 125 cm³/mol. The van der Waals surface area contributed by atoms with Gasteiger partial charge in [-0.15, -0.1) is 34.8 Å². The van der Waals surface area contributed by atoms with Gasteiger partial charge in [0.2, 0.25) is 11.8 Å². The summed E-state index contributed by atoms with van der Waals surface area (Å²) >= 11 is 23.7. The van der Waals surface area contributed by atoms with Crippen LogP contribution in [0.3, 0.4) is 0 Å². The number of hydrogen-bond donors (Lipinski definition) is 3. The van der Waals surface area contributed by atoms with Gasteiger partial charge >= 0.3 is 0 Å². The molecule has 0 aliphatic heterocycles. The Labute approximate surface area is 207 Å². The van der Waals surface area contributed by atoms with Gasteiger partial charge in [0.25, 0.3) is 5.91 Å². The van der Waals surface area contributed by atoms with E-state index >= 15 is 0 Å². The van der Waals surface area contributed by atoms with Crippen LogP contribution in [-0.4, -0.2) is 27.4 Å². The van der Waals surface area contributed by atoms with E-state index < -0.39 is 56.4 Å². The molecule has 2 aromatic rings. The molecule has 3 N–H and O–H groups in total. The predicted octanol–water partition coefficient (Wildman–Crippen LogP) is 5.96. The van der Waals surface area contributed by atoms with E-state index in [4.69, 9.17) is 46.4 Å². The van der Waals surface area contributed by atoms with Gasteiger partial charge in [-0.2, -0.15) is 0 Å². The van der Waals surface area contributed by atoms with Crippen molar-refractivity contribution in [2.45, 2.75) is 29.5 Å². The van der Waals surface area contributed by atoms with E-state index in [2.05, 4.69) is 16.0 Å². The van der Waals surface area contributed by atoms with Gasteiger partial charge in [-0.3, -0.25) is 14.4 Å². The Morgan fingerprint density at radius 2 is 1.79 bits per heavy atom. The third kappa shape index (κ3) is 5.87. The van der Waals surface area contributed by atoms with Crippen LogP contribution in [0.15, 0.2) is 30.3 Å². The summed E-state index contributed by atoms with van der Waals surface area (Å²) < 4.78 is 27.8. The zero-order valence-electron chi connectivity index (χ0n) is 16.9. The molecule has 3 amide bonds. The van der Waals surface area contributed by atoms with Crippen molar-refractivity contribution in [1.82, 2.24) is 0 Å². The lowest BCUT2D eigenvalue weighted by Gasteiger charge is -2.14. The molecule has 12 heteroatoms. The normalized spacial score (nSPS) is 17.1. The van der Waals surface area contributed by atoms with Crippen LogP contribution in [0.25, 0.3) is 0 Å². The second-order valence-electron chi connectivity index (χ2n) is 7.30. The Balaban J connectivity index is 1.79. The molecule has 0 spiro atoms. The van der Waals surface area contributed by atoms with Crippen molar-refractivity contribution in [2.24, 2.45) is 5.92 Å². The van der Waals surface area contributed by atoms with Crippen molar-refractivity contribution in [3.05, 3.63) is 52.6 Å². The highest BCUT2D eigenvalue weighted by Gasteiger charge is 2.56. The molecule has 2 aromatic carbocycles. The van der Waals surface area contributed by atoms with E-state index in [1.165, 1.54) is 18.2 Å². The molecule has 6 nitrogen and oxygen atoms in total. The zero-order chi connectivity index (χ0) is 24.5. The first-order valence-corrected chi connectivity index (χ1v) is 11.2. The third-order valence-electron chi connectivity index (χ3n) is 4.85. The molecule has 2 atom stereocenters. The van der Waals surface area contributed by atoms with Crippen LogP contribution in [0.5, 0.6) is 0 Å². The van der Waals surface area contributed by atoms with Crippen molar-refractivity contribution in [3.63, 3.8) is 0 Å². The zero-order valence-corrected chi connectivity index (χ0v) is 20.0. The molecule has 3 rings (SSSR count). The quantitative estimate of drug-likeness (QED) is 0.380. The average Bonchev–Trinajstić information content (AvgIpc) is 3.41. The van der Waals surface area contributed by atoms with Crippen LogP contribution in [0.4, 0.5) is 25.8 Å². The minimum Gasteiger partial charge on any atom is -0.326 e. The van der Waals surface area contributed by atoms with E-state index in [0.29, 0.717) is 6.42 Å². The van der Waals surface area contributed by atoms with E-state index in [1.54, 1.807) is 6.92 Å². The van der Waals surface area contributed by atoms with Crippen molar-refractivity contribution >= 4 is 81.2 Å². The fraction of sp³-hybridized carbons (Fsp3) is 0.286. The SMILES string of the molecule is CCC(Cl)C(=O)Nc1c(F)ccc(NC(=O)c2cc(NC(=O)C3CC3(Cl)Cl)ccc2Cl)c1F. The van der Waals surface area contributed by atoms with Crippen LogP contribution < -0.4 is 16.0 Å². The van der Waals surface area contributed by atoms with Crippen molar-refractivity contribution in [2.75, 3.05) is 16.0 Å². The molecule has 2 unspecified atom stereocenters. The molecular weight excluding hydrogens is 522 g/mol. The molecule has 1 aliphatic rings. The Kier molecular flexibility index (Phi) is 7.73. The molecule has 1 aliphatic carbocycles. The van der Waals surface area contributed by atoms with Gasteiger partial charge in [-0.25, -0.2) is 8.78 Å². The first-order valence-electron chi connectivity index (χ1n) is 9.67. The number of benzene rings is 2. The van der Waals surface area contributed by atoms with Gasteiger partial charge in [-0.1, -0.05) is 18.5 Å². The number of alkyl halides is 3. The van der Waals surface area contributed by atoms with Gasteiger partial charge in [-0.05, 0) is 43.2 Å². The topological polar surface area (TPSA) is 87.3 Å². The largest absolute Gasteiger partial charge is 0.326 e. The number of amides is 3. The summed E-state index contributed by atoms with van der Waals surface area (Å²) in [7, 11) is 0. The van der Waals surface area contributed by atoms with E-state index in [0.717, 1.165) is 12.1 Å². The van der Waals surface area contributed by atoms with Crippen LogP contribution in [0, 0.1) is 17.6 Å². The highest BCUT2D eigenvalue weighted by molar-refractivity contribution is 6.52. The lowest BCUT2D eigenvalue weighted by Crippen LogP contribution is -2.24. The average molecular weight is 539 g/mol. The van der Waals surface area contributed by atoms with Gasteiger partial charge in [0.15, 0.2) is 5.82 Å². The minimum atomic E-state index is -1.20. The molecule has 0 saturated heterocycles. The van der Waals surface area contributed by atoms with Crippen molar-refractivity contribution < 1.29 is 23.2 Å². The Hall–Kier alpha value is -2.13. The van der Waals surface area contributed by atoms with Gasteiger partial charge in [0.1, 0.15) is 21.2 Å². The van der Waals surface area contributed by atoms with Crippen LogP contribution >= 0.6 is 46.4 Å². The summed E-state index contributed by atoms with van der Waals surface area (Å²) in [4.78, 5) is 36.8. The highest BCUT2D eigenvalue weighted by atomic mass is 35.5. The molecule has 33 heavy (non-hydrogen) atoms. The lowest BCUT2D eigenvalue weighted by atomic mass is 10.1. The summed E-state index contributed by atoms with van der Waals surface area (Å²) in [5, 5.41) is 5.97. The molecule has 1 saturated carbocycles. The molecule has 0 aromatic heterocycles. The first kappa shape index (κ1) is 25.5. The van der Waals surface area contributed by atoms with Crippen LogP contribution in [0.2, 0.25) is 5.02 Å². The van der Waals surface area contributed by atoms with Crippen molar-refractivity contribution in [3.8, 4) is 0 Å². The second-order valence-corrected chi connectivity index (χ2v) is 9.78. The number of halogens is 6. The number of hydrogen-bond acceptors (Lipinski definition) is 3. The summed E-state index contributed by atoms with van der Waals surface area (Å²) in [5.41, 5.74) is -1.00. The number of carbonyl (C=O) groups is 3. The standard InChI is InChI=1S/C21H17Cl4F2N3O3/c1-2-12(22)20(33)30-17-14(26)5-6-15(16(17)27)29-18(31)10-7-9(3-4-13(10)23)28-19(32)11-8-21(11,24)25/h3-7,11-12H,2,8H2,1H3,(H,28,32)(H,29,31)(H,30,33). The monoisotopic (exact) mass is 537 g/mol. The second kappa shape index (κ2) is 10.0. The van der Waals surface area contributed by atoms with Crippen LogP contribution in [-0.2, 0) is 9.59 Å². The summed E-state index contributed by atoms with van der Waals surface area (Å²) in [6.45, 7) is 1.63. The lowest BCUT2D eigenvalue weighted by molar-refractivity contribution is -0.117. The third-order valence-corrected chi connectivity index (χ3v) is 6.52. The number of anilines is 3. The van der Waals surface area contributed by atoms with Gasteiger partial charge in [0.05, 0.1) is 22.2 Å². The van der Waals surface area contributed by atoms with E-state index in [-0.39, 0.29) is 22.7 Å². The Bertz CT molecular complexity index is 1130. The maximum Gasteiger partial charge on any atom is 0.257 e. The molecule has 176 valence electrons. The number of nitrogens with one attached hydrogen (secondary N) is 3. The molecule has 0 bridgehead atoms. The van der Waals surface area contributed by atoms with Crippen LogP contribution in [0.1, 0.15) is 30.1 Å². The molecule has 0 radical (unpaired) electrons. The summed E-state index contributed by atoms with van der Waals surface area (Å²) in [6, 6.07) is 5.98. The Morgan fingerprint density at radius 3 is 2.39 bits per heavy atom. The molecule has 1 fully saturated rings. The summed E-state index contributed by atoms with van der Waals surface area (Å²) in [6.07, 6.45) is 0.546. The van der Waals surface area contributed by atoms with E-state index in [1.807, 2.05) is 0 Å². The maximum atomic E-state index is 14.8. The molecule has 0 heterocycles. The first-order chi connectivity index (χ1) is 15.4. The highest BCUT2D eigenvalue weighted by Crippen LogP contribution is 2.53. The maximum absolute atomic E-state index is 14.8. The van der Waals surface area contributed by atoms with E-state index in [9.17, 15) is 23.2 Å². The minimum absolute atomic E-state index is 0.0185. The fourth-order valence-corrected chi connectivity index (χ4v) is 3.61. The van der Waals surface area contributed by atoms with Gasteiger partial charge < -0.3 is 16.0 Å². The Morgan fingerprint density at radius 1 is 1.12 bits per heavy atom. The fourth-order valence-electron chi connectivity index (χ4n) is 2.84. The smallest absolute Gasteiger partial charge is 0.257 e. The van der Waals surface area contributed by atoms with Gasteiger partial charge in [0, 0.05) is 5.69 Å².